The molecule has 99 heavy (non-hydrogen) atoms. The number of hydrogen-bond donors (Lipinski definition) is 6. The number of aliphatic hydroxyl groups excluding tert-OH is 2. The smallest absolute Gasteiger partial charge is 0.435 e. The van der Waals surface area contributed by atoms with Crippen molar-refractivity contribution in [1.82, 2.24) is 49.5 Å². The highest BCUT2D eigenvalue weighted by Crippen LogP contribution is 2.38. The monoisotopic (exact) mass is 1370 g/mol. The molecule has 4 aromatic heterocycles. The summed E-state index contributed by atoms with van der Waals surface area (Å²) in [4.78, 5) is 86.7. The molecule has 34 heteroatoms. The fourth-order valence-electron chi connectivity index (χ4n) is 8.52. The highest BCUT2D eigenvalue weighted by molar-refractivity contribution is 6.03. The van der Waals surface area contributed by atoms with Crippen LogP contribution in [-0.2, 0) is 28.5 Å². The number of amides is 2. The summed E-state index contributed by atoms with van der Waals surface area (Å²) in [6, 6.07) is 17.3. The van der Waals surface area contributed by atoms with Gasteiger partial charge in [-0.05, 0) is 97.5 Å². The second-order valence-corrected chi connectivity index (χ2v) is 24.2. The van der Waals surface area contributed by atoms with Crippen molar-refractivity contribution < 1.29 is 85.5 Å². The van der Waals surface area contributed by atoms with Gasteiger partial charge in [-0.15, -0.1) is 19.6 Å². The topological polar surface area (TPSA) is 415 Å². The highest BCUT2D eigenvalue weighted by Gasteiger charge is 2.41. The van der Waals surface area contributed by atoms with Crippen LogP contribution in [-0.4, -0.2) is 163 Å². The molecule has 4 aromatic carbocycles. The number of anilines is 2. The molecule has 0 saturated carbocycles. The van der Waals surface area contributed by atoms with Crippen LogP contribution in [0.1, 0.15) is 101 Å². The molecule has 0 saturated heterocycles. The maximum absolute atomic E-state index is 16.8. The van der Waals surface area contributed by atoms with E-state index >= 15 is 8.78 Å². The number of esters is 2. The lowest BCUT2D eigenvalue weighted by atomic mass is 9.94. The minimum Gasteiger partial charge on any atom is -0.497 e. The molecule has 524 valence electrons. The standard InChI is InChI=1S/C65H74F2N16O16/c1-63(2,3)33-94-61(88)76-51(68)37-13-17-39(18-14-37)74-49(43-29-41(90-9)31-45(47(43)66)92-27-25-84)53-78-59(82(80-53)57-70-21-11-22-71-57)98-35-96-55(86)65(7,8)56(87)97-36-99-60-79-54(81-83(60)58-72-23-12-24-73-58)50(44-30-42(91-10)32-46(48(44)67)93-28-26-85)75-40-19-15-38(16-20-40)52(69)77-62(89)95-34-64(4,5)6/h11-24,29-32,49-50,74-75,84-85H,25-28,33-36H2,1-10H3,(H2,68,76,88)(H2,69,77,89). The number of methoxy groups -OCH3 is 2. The van der Waals surface area contributed by atoms with Gasteiger partial charge in [-0.2, -0.15) is 20.0 Å². The van der Waals surface area contributed by atoms with Crippen molar-refractivity contribution in [3.8, 4) is 46.9 Å². The lowest BCUT2D eigenvalue weighted by Crippen LogP contribution is -2.38. The Morgan fingerprint density at radius 3 is 1.24 bits per heavy atom. The minimum absolute atomic E-state index is 0.0985. The van der Waals surface area contributed by atoms with E-state index in [0.29, 0.717) is 22.5 Å². The summed E-state index contributed by atoms with van der Waals surface area (Å²) in [5.41, 5.74) is 10.7. The van der Waals surface area contributed by atoms with Gasteiger partial charge in [0.1, 0.15) is 48.5 Å². The molecular formula is C65H74F2N16O16. The summed E-state index contributed by atoms with van der Waals surface area (Å²) in [6.45, 7) is 10.6. The second kappa shape index (κ2) is 32.8. The molecule has 0 radical (unpaired) electrons. The first-order valence-corrected chi connectivity index (χ1v) is 30.3. The summed E-state index contributed by atoms with van der Waals surface area (Å²) in [5.74, 6) is -5.30. The van der Waals surface area contributed by atoms with E-state index in [4.69, 9.17) is 58.8 Å². The number of hydrogen-bond acceptors (Lipinski definition) is 26. The van der Waals surface area contributed by atoms with E-state index in [9.17, 15) is 29.4 Å². The molecular weight excluding hydrogens is 1300 g/mol. The molecule has 0 spiro atoms. The van der Waals surface area contributed by atoms with E-state index in [-0.39, 0.29) is 107 Å². The van der Waals surface area contributed by atoms with Gasteiger partial charge < -0.3 is 79.7 Å². The van der Waals surface area contributed by atoms with E-state index in [0.717, 1.165) is 9.36 Å². The zero-order chi connectivity index (χ0) is 71.6. The van der Waals surface area contributed by atoms with Crippen molar-refractivity contribution >= 4 is 47.2 Å². The highest BCUT2D eigenvalue weighted by atomic mass is 19.1. The van der Waals surface area contributed by atoms with Gasteiger partial charge in [0.15, 0.2) is 40.2 Å². The van der Waals surface area contributed by atoms with Crippen molar-refractivity contribution in [1.29, 1.82) is 0 Å². The number of aliphatic hydroxyl groups is 2. The number of nitrogens with one attached hydrogen (secondary N) is 2. The number of nitrogens with zero attached hydrogens (tertiary/aromatic N) is 12. The molecule has 2 unspecified atom stereocenters. The largest absolute Gasteiger partial charge is 0.497 e. The van der Waals surface area contributed by atoms with E-state index in [1.165, 1.54) is 89.3 Å². The van der Waals surface area contributed by atoms with Gasteiger partial charge in [0, 0.05) is 70.5 Å². The zero-order valence-electron chi connectivity index (χ0n) is 55.6. The predicted octanol–water partition coefficient (Wildman–Crippen LogP) is 7.13. The lowest BCUT2D eigenvalue weighted by Gasteiger charge is -2.21. The van der Waals surface area contributed by atoms with Crippen molar-refractivity contribution in [2.75, 3.05) is 78.1 Å². The molecule has 4 heterocycles. The van der Waals surface area contributed by atoms with Crippen LogP contribution in [0.5, 0.6) is 35.0 Å². The molecule has 0 aliphatic carbocycles. The average molecular weight is 1370 g/mol. The number of benzene rings is 4. The molecule has 8 rings (SSSR count). The van der Waals surface area contributed by atoms with E-state index in [1.54, 1.807) is 48.5 Å². The van der Waals surface area contributed by atoms with Crippen LogP contribution >= 0.6 is 0 Å². The van der Waals surface area contributed by atoms with Crippen LogP contribution in [0.2, 0.25) is 0 Å². The third kappa shape index (κ3) is 19.7. The van der Waals surface area contributed by atoms with Crippen LogP contribution in [0.15, 0.2) is 120 Å². The second-order valence-electron chi connectivity index (χ2n) is 24.2. The van der Waals surface area contributed by atoms with E-state index in [1.807, 2.05) is 41.5 Å². The Hall–Kier alpha value is -11.7. The fraction of sp³-hybridized carbons (Fsp3) is 0.354. The van der Waals surface area contributed by atoms with E-state index < -0.39 is 92.1 Å². The molecule has 8 N–H and O–H groups in total. The SMILES string of the molecule is COc1cc(OCCO)c(F)c(C(Nc2ccc(C(N)=NC(=O)OCC(C)(C)C)cc2)c2nc(OCOC(=O)C(C)(C)C(=O)OCOc3nc(C(Nc4ccc(C(N)=NC(=O)OCC(C)(C)C)cc4)c4cc(OC)cc(OCCO)c4F)nn3-c3ncccn3)n(-c3ncccn3)n2)c1. The Kier molecular flexibility index (Phi) is 24.3. The molecule has 32 nitrogen and oxygen atoms in total. The summed E-state index contributed by atoms with van der Waals surface area (Å²) in [5, 5.41) is 34.8. The van der Waals surface area contributed by atoms with Crippen LogP contribution in [0, 0.1) is 27.9 Å². The molecule has 2 amide bonds. The molecule has 0 bridgehead atoms. The number of aromatic nitrogens is 10. The number of halogens is 2. The first-order chi connectivity index (χ1) is 47.2. The molecule has 0 aliphatic rings. The zero-order valence-corrected chi connectivity index (χ0v) is 55.6. The Labute approximate surface area is 565 Å². The van der Waals surface area contributed by atoms with Gasteiger partial charge in [0.05, 0.1) is 40.6 Å². The van der Waals surface area contributed by atoms with Crippen LogP contribution in [0.3, 0.4) is 0 Å². The number of aliphatic imine (C=N–C) groups is 2. The summed E-state index contributed by atoms with van der Waals surface area (Å²) < 4.78 is 91.0. The van der Waals surface area contributed by atoms with Gasteiger partial charge in [-0.1, -0.05) is 41.5 Å². The van der Waals surface area contributed by atoms with Gasteiger partial charge in [-0.25, -0.2) is 38.3 Å². The normalized spacial score (nSPS) is 12.5. The third-order valence-corrected chi connectivity index (χ3v) is 13.5. The van der Waals surface area contributed by atoms with Crippen LogP contribution in [0.4, 0.5) is 29.7 Å². The number of carbonyl (C=O) groups is 4. The van der Waals surface area contributed by atoms with Crippen molar-refractivity contribution in [2.45, 2.75) is 67.5 Å². The summed E-state index contributed by atoms with van der Waals surface area (Å²) in [7, 11) is 2.70. The van der Waals surface area contributed by atoms with Gasteiger partial charge in [0.2, 0.25) is 13.6 Å². The number of carbonyl (C=O) groups excluding carboxylic acids is 4. The fourth-order valence-corrected chi connectivity index (χ4v) is 8.52. The number of ether oxygens (including phenoxy) is 10. The molecule has 2 atom stereocenters. The third-order valence-electron chi connectivity index (χ3n) is 13.5. The lowest BCUT2D eigenvalue weighted by molar-refractivity contribution is -0.177. The van der Waals surface area contributed by atoms with Crippen molar-refractivity contribution in [2.24, 2.45) is 37.7 Å². The Morgan fingerprint density at radius 1 is 0.545 bits per heavy atom. The quantitative estimate of drug-likeness (QED) is 0.00651. The number of amidine groups is 2. The molecule has 0 aliphatic heterocycles. The Morgan fingerprint density at radius 2 is 0.909 bits per heavy atom. The van der Waals surface area contributed by atoms with Gasteiger partial charge in [0.25, 0.3) is 11.9 Å². The molecule has 0 fully saturated rings. The maximum Gasteiger partial charge on any atom is 0.435 e. The Bertz CT molecular complexity index is 3890. The number of rotatable bonds is 30. The predicted molar refractivity (Wildman–Crippen MR) is 349 cm³/mol. The maximum atomic E-state index is 16.8. The van der Waals surface area contributed by atoms with E-state index in [2.05, 4.69) is 60.7 Å². The van der Waals surface area contributed by atoms with Crippen molar-refractivity contribution in [3.63, 3.8) is 0 Å². The van der Waals surface area contributed by atoms with Gasteiger partial charge >= 0.3 is 36.1 Å². The average Bonchev–Trinajstić information content (AvgIpc) is 1.72. The summed E-state index contributed by atoms with van der Waals surface area (Å²) >= 11 is 0. The van der Waals surface area contributed by atoms with Crippen LogP contribution in [0.25, 0.3) is 11.9 Å². The number of nitrogens with two attached hydrogens (primary N) is 2. The Balaban J connectivity index is 1.03. The molecule has 8 aromatic rings. The van der Waals surface area contributed by atoms with Gasteiger partial charge in [-0.3, -0.25) is 9.59 Å². The first-order valence-electron chi connectivity index (χ1n) is 30.3. The minimum atomic E-state index is -2.08. The summed E-state index contributed by atoms with van der Waals surface area (Å²) in [6.07, 6.45) is 3.81. The first kappa shape index (κ1) is 73.1. The van der Waals surface area contributed by atoms with Crippen molar-refractivity contribution in [3.05, 3.63) is 155 Å². The van der Waals surface area contributed by atoms with Crippen LogP contribution < -0.4 is 50.5 Å².